The number of sulfone groups is 1. The Hall–Kier alpha value is -4.31. The average molecular weight is 477 g/mol. The van der Waals surface area contributed by atoms with Gasteiger partial charge in [-0.2, -0.15) is 0 Å². The van der Waals surface area contributed by atoms with Crippen LogP contribution in [-0.2, 0) is 16.4 Å². The smallest absolute Gasteiger partial charge is 0.194 e. The van der Waals surface area contributed by atoms with Gasteiger partial charge in [0.15, 0.2) is 27.4 Å². The molecule has 3 heterocycles. The van der Waals surface area contributed by atoms with Crippen LogP contribution in [0.5, 0.6) is 23.3 Å². The molecule has 9 nitrogen and oxygen atoms in total. The third-order valence-electron chi connectivity index (χ3n) is 5.31. The molecule has 0 saturated heterocycles. The zero-order chi connectivity index (χ0) is 23.9. The SMILES string of the molecule is CS(=O)(=O)c1ccc(Oc2cc3nc(-c4ccccn4)[nH]c3cc2Cn2c(O)ccc2O)cc1. The summed E-state index contributed by atoms with van der Waals surface area (Å²) >= 11 is 0. The number of aromatic amines is 1. The van der Waals surface area contributed by atoms with Gasteiger partial charge in [0.05, 0.1) is 22.5 Å². The van der Waals surface area contributed by atoms with Crippen LogP contribution >= 0.6 is 0 Å². The molecular weight excluding hydrogens is 456 g/mol. The van der Waals surface area contributed by atoms with Crippen LogP contribution in [0.4, 0.5) is 0 Å². The van der Waals surface area contributed by atoms with Crippen molar-refractivity contribution in [2.45, 2.75) is 11.4 Å². The van der Waals surface area contributed by atoms with Crippen LogP contribution < -0.4 is 4.74 Å². The van der Waals surface area contributed by atoms with Gasteiger partial charge in [0, 0.05) is 36.2 Å². The molecule has 3 N–H and O–H groups in total. The highest BCUT2D eigenvalue weighted by molar-refractivity contribution is 7.90. The predicted octanol–water partition coefficient (Wildman–Crippen LogP) is 4.08. The predicted molar refractivity (Wildman–Crippen MR) is 126 cm³/mol. The Morgan fingerprint density at radius 2 is 1.74 bits per heavy atom. The normalized spacial score (nSPS) is 11.7. The minimum atomic E-state index is -3.33. The van der Waals surface area contributed by atoms with Crippen LogP contribution in [0.25, 0.3) is 22.6 Å². The molecule has 0 radical (unpaired) electrons. The Labute approximate surface area is 194 Å². The van der Waals surface area contributed by atoms with Crippen LogP contribution in [0, 0.1) is 0 Å². The van der Waals surface area contributed by atoms with Gasteiger partial charge in [-0.05, 0) is 42.5 Å². The van der Waals surface area contributed by atoms with E-state index in [1.807, 2.05) is 24.3 Å². The molecule has 0 fully saturated rings. The highest BCUT2D eigenvalue weighted by atomic mass is 32.2. The van der Waals surface area contributed by atoms with E-state index in [9.17, 15) is 18.6 Å². The molecule has 5 rings (SSSR count). The summed E-state index contributed by atoms with van der Waals surface area (Å²) in [5.41, 5.74) is 2.69. The van der Waals surface area contributed by atoms with E-state index >= 15 is 0 Å². The van der Waals surface area contributed by atoms with Crippen molar-refractivity contribution in [1.29, 1.82) is 0 Å². The van der Waals surface area contributed by atoms with E-state index in [1.165, 1.54) is 28.8 Å². The molecule has 0 aliphatic heterocycles. The number of rotatable bonds is 6. The number of benzene rings is 2. The van der Waals surface area contributed by atoms with Gasteiger partial charge >= 0.3 is 0 Å². The molecule has 10 heteroatoms. The number of ether oxygens (including phenoxy) is 1. The van der Waals surface area contributed by atoms with E-state index < -0.39 is 9.84 Å². The van der Waals surface area contributed by atoms with Crippen molar-refractivity contribution in [3.63, 3.8) is 0 Å². The summed E-state index contributed by atoms with van der Waals surface area (Å²) in [5.74, 6) is 1.25. The maximum absolute atomic E-state index is 11.8. The van der Waals surface area contributed by atoms with Crippen molar-refractivity contribution in [2.24, 2.45) is 0 Å². The number of hydrogen-bond donors (Lipinski definition) is 3. The fourth-order valence-corrected chi connectivity index (χ4v) is 4.22. The third kappa shape index (κ3) is 4.18. The molecule has 2 aromatic carbocycles. The number of nitrogens with one attached hydrogen (secondary N) is 1. The number of aromatic hydroxyl groups is 2. The Balaban J connectivity index is 1.58. The Morgan fingerprint density at radius 1 is 1.00 bits per heavy atom. The molecular formula is C24H20N4O5S. The number of fused-ring (bicyclic) bond motifs is 1. The van der Waals surface area contributed by atoms with E-state index in [2.05, 4.69) is 15.0 Å². The van der Waals surface area contributed by atoms with E-state index in [0.29, 0.717) is 34.1 Å². The van der Waals surface area contributed by atoms with Crippen LogP contribution in [-0.4, -0.2) is 44.4 Å². The molecule has 34 heavy (non-hydrogen) atoms. The van der Waals surface area contributed by atoms with E-state index in [1.54, 1.807) is 24.4 Å². The largest absolute Gasteiger partial charge is 0.494 e. The lowest BCUT2D eigenvalue weighted by atomic mass is 10.1. The van der Waals surface area contributed by atoms with Crippen LogP contribution in [0.1, 0.15) is 5.56 Å². The maximum Gasteiger partial charge on any atom is 0.194 e. The van der Waals surface area contributed by atoms with E-state index in [-0.39, 0.29) is 23.2 Å². The molecule has 3 aromatic heterocycles. The molecule has 0 bridgehead atoms. The van der Waals surface area contributed by atoms with Crippen molar-refractivity contribution < 1.29 is 23.4 Å². The molecule has 0 atom stereocenters. The highest BCUT2D eigenvalue weighted by Gasteiger charge is 2.16. The van der Waals surface area contributed by atoms with Gasteiger partial charge in [-0.15, -0.1) is 0 Å². The van der Waals surface area contributed by atoms with Gasteiger partial charge in [0.2, 0.25) is 0 Å². The van der Waals surface area contributed by atoms with Crippen molar-refractivity contribution in [2.75, 3.05) is 6.26 Å². The first-order valence-corrected chi connectivity index (χ1v) is 12.2. The summed E-state index contributed by atoms with van der Waals surface area (Å²) in [7, 11) is -3.33. The zero-order valence-electron chi connectivity index (χ0n) is 18.0. The summed E-state index contributed by atoms with van der Waals surface area (Å²) in [6, 6.07) is 18.0. The fraction of sp³-hybridized carbons (Fsp3) is 0.0833. The number of imidazole rings is 1. The second kappa shape index (κ2) is 8.23. The Kier molecular flexibility index (Phi) is 5.21. The standard InChI is InChI=1S/C24H20N4O5S/c1-34(31,32)17-7-5-16(6-8-17)33-21-13-20-19(26-24(27-20)18-4-2-3-11-25-18)12-15(21)14-28-22(29)9-10-23(28)30/h2-13,29-30H,14H2,1H3,(H,26,27). The van der Waals surface area contributed by atoms with Crippen molar-refractivity contribution in [1.82, 2.24) is 19.5 Å². The number of aromatic nitrogens is 4. The Morgan fingerprint density at radius 3 is 2.38 bits per heavy atom. The van der Waals surface area contributed by atoms with Crippen LogP contribution in [0.3, 0.4) is 0 Å². The van der Waals surface area contributed by atoms with Gasteiger partial charge in [0.25, 0.3) is 0 Å². The Bertz CT molecular complexity index is 1570. The monoisotopic (exact) mass is 476 g/mol. The number of H-pyrrole nitrogens is 1. The van der Waals surface area contributed by atoms with Gasteiger partial charge in [-0.1, -0.05) is 6.07 Å². The lowest BCUT2D eigenvalue weighted by Gasteiger charge is -2.14. The first-order valence-electron chi connectivity index (χ1n) is 10.3. The van der Waals surface area contributed by atoms with Gasteiger partial charge in [-0.3, -0.25) is 9.55 Å². The molecule has 0 aliphatic rings. The molecule has 0 amide bonds. The van der Waals surface area contributed by atoms with Crippen LogP contribution in [0.2, 0.25) is 0 Å². The maximum atomic E-state index is 11.8. The van der Waals surface area contributed by atoms with Crippen molar-refractivity contribution in [3.05, 3.63) is 78.5 Å². The van der Waals surface area contributed by atoms with Gasteiger partial charge < -0.3 is 19.9 Å². The average Bonchev–Trinajstić information content (AvgIpc) is 3.37. The highest BCUT2D eigenvalue weighted by Crippen LogP contribution is 2.33. The van der Waals surface area contributed by atoms with Crippen molar-refractivity contribution >= 4 is 20.9 Å². The van der Waals surface area contributed by atoms with Gasteiger partial charge in [-0.25, -0.2) is 13.4 Å². The first kappa shape index (κ1) is 21.5. The molecule has 0 unspecified atom stereocenters. The second-order valence-corrected chi connectivity index (χ2v) is 9.77. The number of hydrogen-bond acceptors (Lipinski definition) is 7. The fourth-order valence-electron chi connectivity index (χ4n) is 3.59. The minimum absolute atomic E-state index is 0.0974. The van der Waals surface area contributed by atoms with E-state index in [4.69, 9.17) is 4.74 Å². The summed E-state index contributed by atoms with van der Waals surface area (Å²) in [6.07, 6.45) is 2.82. The molecule has 5 aromatic rings. The van der Waals surface area contributed by atoms with Crippen molar-refractivity contribution in [3.8, 4) is 34.8 Å². The summed E-state index contributed by atoms with van der Waals surface area (Å²) in [5, 5.41) is 20.2. The minimum Gasteiger partial charge on any atom is -0.494 e. The second-order valence-electron chi connectivity index (χ2n) is 7.76. The van der Waals surface area contributed by atoms with Gasteiger partial charge in [0.1, 0.15) is 17.2 Å². The molecule has 0 aliphatic carbocycles. The summed E-state index contributed by atoms with van der Waals surface area (Å²) < 4.78 is 30.9. The number of pyridine rings is 1. The lowest BCUT2D eigenvalue weighted by Crippen LogP contribution is -2.01. The number of nitrogens with zero attached hydrogens (tertiary/aromatic N) is 3. The summed E-state index contributed by atoms with van der Waals surface area (Å²) in [4.78, 5) is 12.4. The third-order valence-corrected chi connectivity index (χ3v) is 6.44. The molecule has 172 valence electrons. The molecule has 0 spiro atoms. The van der Waals surface area contributed by atoms with E-state index in [0.717, 1.165) is 11.8 Å². The topological polar surface area (TPSA) is 130 Å². The zero-order valence-corrected chi connectivity index (χ0v) is 18.8. The lowest BCUT2D eigenvalue weighted by molar-refractivity contribution is 0.375. The quantitative estimate of drug-likeness (QED) is 0.337. The molecule has 0 saturated carbocycles. The summed E-state index contributed by atoms with van der Waals surface area (Å²) in [6.45, 7) is 0.120. The van der Waals surface area contributed by atoms with Crippen LogP contribution in [0.15, 0.2) is 77.8 Å². The first-order chi connectivity index (χ1) is 16.3.